The van der Waals surface area contributed by atoms with Crippen LogP contribution in [0.5, 0.6) is 0 Å². The fraction of sp³-hybridized carbons (Fsp3) is 0.143. The summed E-state index contributed by atoms with van der Waals surface area (Å²) in [4.78, 5) is 16.2. The molecule has 0 aliphatic rings. The fourth-order valence-electron chi connectivity index (χ4n) is 1.87. The predicted molar refractivity (Wildman–Crippen MR) is 79.7 cm³/mol. The van der Waals surface area contributed by atoms with Gasteiger partial charge in [0, 0.05) is 18.5 Å². The van der Waals surface area contributed by atoms with Crippen LogP contribution in [0.3, 0.4) is 0 Å². The van der Waals surface area contributed by atoms with E-state index in [1.165, 1.54) is 11.3 Å². The summed E-state index contributed by atoms with van der Waals surface area (Å²) in [6.07, 6.45) is 2.55. The smallest absolute Gasteiger partial charge is 0.226 e. The molecule has 20 heavy (non-hydrogen) atoms. The molecule has 102 valence electrons. The number of hydrogen-bond donors (Lipinski definition) is 2. The van der Waals surface area contributed by atoms with Gasteiger partial charge in [0.15, 0.2) is 5.13 Å². The van der Waals surface area contributed by atoms with E-state index in [0.29, 0.717) is 23.7 Å². The summed E-state index contributed by atoms with van der Waals surface area (Å²) in [5, 5.41) is 3.39. The number of nitrogens with zero attached hydrogens (tertiary/aromatic N) is 1. The van der Waals surface area contributed by atoms with Gasteiger partial charge in [-0.1, -0.05) is 11.3 Å². The van der Waals surface area contributed by atoms with Crippen molar-refractivity contribution in [1.82, 2.24) is 4.98 Å². The minimum Gasteiger partial charge on any atom is -0.469 e. The van der Waals surface area contributed by atoms with E-state index in [1.807, 2.05) is 24.3 Å². The van der Waals surface area contributed by atoms with Gasteiger partial charge in [0.2, 0.25) is 5.91 Å². The van der Waals surface area contributed by atoms with Gasteiger partial charge in [-0.05, 0) is 30.3 Å². The van der Waals surface area contributed by atoms with Crippen molar-refractivity contribution in [3.8, 4) is 0 Å². The number of carbonyl (C=O) groups excluding carboxylic acids is 1. The Bertz CT molecular complexity index is 734. The summed E-state index contributed by atoms with van der Waals surface area (Å²) < 4.78 is 6.15. The largest absolute Gasteiger partial charge is 0.469 e. The van der Waals surface area contributed by atoms with Crippen molar-refractivity contribution in [1.29, 1.82) is 0 Å². The van der Waals surface area contributed by atoms with Crippen molar-refractivity contribution >= 4 is 38.3 Å². The Hall–Kier alpha value is -2.34. The number of rotatable bonds is 4. The average molecular weight is 287 g/mol. The number of carbonyl (C=O) groups is 1. The van der Waals surface area contributed by atoms with E-state index in [4.69, 9.17) is 10.2 Å². The Morgan fingerprint density at radius 2 is 2.30 bits per heavy atom. The number of aromatic nitrogens is 1. The van der Waals surface area contributed by atoms with Crippen molar-refractivity contribution < 1.29 is 9.21 Å². The lowest BCUT2D eigenvalue weighted by atomic mass is 10.2. The Morgan fingerprint density at radius 1 is 1.40 bits per heavy atom. The number of fused-ring (bicyclic) bond motifs is 1. The molecule has 1 amide bonds. The maximum atomic E-state index is 11.8. The predicted octanol–water partition coefficient (Wildman–Crippen LogP) is 3.04. The lowest BCUT2D eigenvalue weighted by Gasteiger charge is -1.99. The van der Waals surface area contributed by atoms with Gasteiger partial charge < -0.3 is 15.5 Å². The minimum absolute atomic E-state index is 0.0755. The number of anilines is 2. The van der Waals surface area contributed by atoms with Crippen LogP contribution < -0.4 is 11.1 Å². The van der Waals surface area contributed by atoms with Gasteiger partial charge in [-0.3, -0.25) is 4.79 Å². The monoisotopic (exact) mass is 287 g/mol. The normalized spacial score (nSPS) is 10.8. The van der Waals surface area contributed by atoms with Gasteiger partial charge in [0.25, 0.3) is 0 Å². The number of nitrogens with two attached hydrogens (primary N) is 1. The second-order valence-electron chi connectivity index (χ2n) is 4.37. The summed E-state index contributed by atoms with van der Waals surface area (Å²) in [7, 11) is 0. The fourth-order valence-corrected chi connectivity index (χ4v) is 2.80. The molecule has 1 aromatic carbocycles. The molecule has 5 nitrogen and oxygen atoms in total. The van der Waals surface area contributed by atoms with Gasteiger partial charge in [0.1, 0.15) is 5.76 Å². The van der Waals surface area contributed by atoms with Gasteiger partial charge in [-0.25, -0.2) is 4.98 Å². The Kier molecular flexibility index (Phi) is 3.39. The maximum Gasteiger partial charge on any atom is 0.226 e. The number of aryl methyl sites for hydroxylation is 1. The number of benzene rings is 1. The number of hydrogen-bond acceptors (Lipinski definition) is 5. The Balaban J connectivity index is 1.65. The van der Waals surface area contributed by atoms with Crippen LogP contribution in [0.4, 0.5) is 10.8 Å². The molecule has 0 aliphatic heterocycles. The highest BCUT2D eigenvalue weighted by molar-refractivity contribution is 7.22. The molecule has 3 rings (SSSR count). The minimum atomic E-state index is -0.0755. The molecule has 3 N–H and O–H groups in total. The van der Waals surface area contributed by atoms with Crippen LogP contribution in [0.1, 0.15) is 12.2 Å². The van der Waals surface area contributed by atoms with Crippen LogP contribution in [-0.4, -0.2) is 10.9 Å². The quantitative estimate of drug-likeness (QED) is 0.723. The van der Waals surface area contributed by atoms with Crippen molar-refractivity contribution in [2.24, 2.45) is 0 Å². The lowest BCUT2D eigenvalue weighted by Crippen LogP contribution is -2.11. The van der Waals surface area contributed by atoms with E-state index in [0.717, 1.165) is 16.0 Å². The number of amides is 1. The van der Waals surface area contributed by atoms with Gasteiger partial charge >= 0.3 is 0 Å². The summed E-state index contributed by atoms with van der Waals surface area (Å²) >= 11 is 1.42. The summed E-state index contributed by atoms with van der Waals surface area (Å²) in [5.74, 6) is 0.727. The number of thiazole rings is 1. The third-order valence-corrected chi connectivity index (χ3v) is 3.77. The Labute approximate surface area is 119 Å². The number of nitrogens with one attached hydrogen (secondary N) is 1. The molecule has 0 atom stereocenters. The first-order valence-electron chi connectivity index (χ1n) is 6.19. The van der Waals surface area contributed by atoms with Crippen molar-refractivity contribution in [2.75, 3.05) is 11.1 Å². The molecule has 0 saturated carbocycles. The zero-order valence-electron chi connectivity index (χ0n) is 10.6. The van der Waals surface area contributed by atoms with Crippen LogP contribution in [0.15, 0.2) is 41.0 Å². The van der Waals surface area contributed by atoms with Crippen LogP contribution >= 0.6 is 11.3 Å². The zero-order chi connectivity index (χ0) is 13.9. The van der Waals surface area contributed by atoms with Gasteiger partial charge in [0.05, 0.1) is 16.5 Å². The highest BCUT2D eigenvalue weighted by Crippen LogP contribution is 2.27. The standard InChI is InChI=1S/C14H13N3O2S/c15-9-3-5-11-12(8-9)20-14(16-11)17-13(18)6-4-10-2-1-7-19-10/h1-3,5,7-8H,4,6,15H2,(H,16,17,18). The second kappa shape index (κ2) is 5.34. The molecule has 0 bridgehead atoms. The topological polar surface area (TPSA) is 81.1 Å². The molecule has 0 aliphatic carbocycles. The zero-order valence-corrected chi connectivity index (χ0v) is 11.4. The van der Waals surface area contributed by atoms with Gasteiger partial charge in [-0.15, -0.1) is 0 Å². The highest BCUT2D eigenvalue weighted by atomic mass is 32.1. The van der Waals surface area contributed by atoms with Crippen molar-refractivity contribution in [2.45, 2.75) is 12.8 Å². The molecule has 0 fully saturated rings. The molecular weight excluding hydrogens is 274 g/mol. The summed E-state index contributed by atoms with van der Waals surface area (Å²) in [5.41, 5.74) is 7.25. The molecule has 0 saturated heterocycles. The third-order valence-electron chi connectivity index (χ3n) is 2.84. The van der Waals surface area contributed by atoms with E-state index in [9.17, 15) is 4.79 Å². The van der Waals surface area contributed by atoms with E-state index >= 15 is 0 Å². The van der Waals surface area contributed by atoms with E-state index < -0.39 is 0 Å². The first kappa shape index (κ1) is 12.7. The molecular formula is C14H13N3O2S. The molecule has 2 heterocycles. The van der Waals surface area contributed by atoms with Crippen LogP contribution in [0.25, 0.3) is 10.2 Å². The average Bonchev–Trinajstić information content (AvgIpc) is 3.04. The maximum absolute atomic E-state index is 11.8. The molecule has 6 heteroatoms. The summed E-state index contributed by atoms with van der Waals surface area (Å²) in [6.45, 7) is 0. The van der Waals surface area contributed by atoms with Crippen LogP contribution in [0.2, 0.25) is 0 Å². The highest BCUT2D eigenvalue weighted by Gasteiger charge is 2.09. The lowest BCUT2D eigenvalue weighted by molar-refractivity contribution is -0.116. The molecule has 0 radical (unpaired) electrons. The van der Waals surface area contributed by atoms with Crippen LogP contribution in [-0.2, 0) is 11.2 Å². The van der Waals surface area contributed by atoms with Crippen molar-refractivity contribution in [3.63, 3.8) is 0 Å². The molecule has 2 aromatic heterocycles. The molecule has 0 spiro atoms. The second-order valence-corrected chi connectivity index (χ2v) is 5.40. The van der Waals surface area contributed by atoms with Gasteiger partial charge in [-0.2, -0.15) is 0 Å². The number of furan rings is 1. The Morgan fingerprint density at radius 3 is 3.10 bits per heavy atom. The van der Waals surface area contributed by atoms with E-state index in [1.54, 1.807) is 12.3 Å². The SMILES string of the molecule is Nc1ccc2nc(NC(=O)CCc3ccco3)sc2c1. The first-order chi connectivity index (χ1) is 9.70. The molecule has 3 aromatic rings. The van der Waals surface area contributed by atoms with Crippen LogP contribution in [0, 0.1) is 0 Å². The first-order valence-corrected chi connectivity index (χ1v) is 7.01. The summed E-state index contributed by atoms with van der Waals surface area (Å²) in [6, 6.07) is 9.16. The van der Waals surface area contributed by atoms with E-state index in [-0.39, 0.29) is 5.91 Å². The number of nitrogen functional groups attached to an aromatic ring is 1. The van der Waals surface area contributed by atoms with E-state index in [2.05, 4.69) is 10.3 Å². The molecule has 0 unspecified atom stereocenters. The third kappa shape index (κ3) is 2.80. The van der Waals surface area contributed by atoms with Crippen molar-refractivity contribution in [3.05, 3.63) is 42.4 Å².